The van der Waals surface area contributed by atoms with Crippen LogP contribution in [0.4, 0.5) is 0 Å². The minimum atomic E-state index is -3.00. The van der Waals surface area contributed by atoms with Crippen molar-refractivity contribution < 1.29 is 19.1 Å². The van der Waals surface area contributed by atoms with Crippen molar-refractivity contribution in [3.63, 3.8) is 0 Å². The Balaban J connectivity index is 2.06. The second kappa shape index (κ2) is 13.5. The van der Waals surface area contributed by atoms with E-state index in [1.54, 1.807) is 0 Å². The van der Waals surface area contributed by atoms with E-state index >= 15 is 0 Å². The van der Waals surface area contributed by atoms with Crippen molar-refractivity contribution in [3.8, 4) is 12.3 Å². The number of rotatable bonds is 13. The Bertz CT molecular complexity index is 1090. The Kier molecular flexibility index (Phi) is 10.4. The van der Waals surface area contributed by atoms with Crippen molar-refractivity contribution in [2.45, 2.75) is 63.9 Å². The number of unbranched alkanes of at least 4 members (excludes halogenated alkanes) is 1. The molecule has 0 aliphatic heterocycles. The summed E-state index contributed by atoms with van der Waals surface area (Å²) in [5, 5.41) is 11.1. The van der Waals surface area contributed by atoms with E-state index in [-0.39, 0.29) is 30.5 Å². The van der Waals surface area contributed by atoms with Gasteiger partial charge in [-0.05, 0) is 33.8 Å². The second-order valence-corrected chi connectivity index (χ2v) is 14.5. The van der Waals surface area contributed by atoms with Crippen molar-refractivity contribution in [2.75, 3.05) is 6.61 Å². The summed E-state index contributed by atoms with van der Waals surface area (Å²) in [5.41, 5.74) is 0.955. The molecule has 3 aromatic rings. The number of ether oxygens (including phenoxy) is 1. The molecule has 0 aromatic heterocycles. The van der Waals surface area contributed by atoms with E-state index in [1.807, 2.05) is 66.7 Å². The highest BCUT2D eigenvalue weighted by atomic mass is 28.4. The van der Waals surface area contributed by atoms with E-state index in [4.69, 9.17) is 15.6 Å². The fourth-order valence-corrected chi connectivity index (χ4v) is 9.32. The first kappa shape index (κ1) is 28.6. The smallest absolute Gasteiger partial charge is 0.262 e. The van der Waals surface area contributed by atoms with Gasteiger partial charge in [0, 0.05) is 13.0 Å². The largest absolute Gasteiger partial charge is 0.396 e. The lowest BCUT2D eigenvalue weighted by molar-refractivity contribution is -0.136. The van der Waals surface area contributed by atoms with Crippen LogP contribution < -0.4 is 10.4 Å². The van der Waals surface area contributed by atoms with Crippen molar-refractivity contribution in [1.29, 1.82) is 0 Å². The third-order valence-electron chi connectivity index (χ3n) is 6.58. The number of terminal acetylenes is 1. The molecule has 0 bridgehead atoms. The van der Waals surface area contributed by atoms with Gasteiger partial charge in [0.2, 0.25) is 0 Å². The number of ketones is 1. The number of aliphatic hydroxyl groups is 1. The van der Waals surface area contributed by atoms with Gasteiger partial charge in [-0.1, -0.05) is 118 Å². The van der Waals surface area contributed by atoms with Crippen LogP contribution in [0.15, 0.2) is 91.0 Å². The molecule has 0 saturated heterocycles. The highest BCUT2D eigenvalue weighted by Crippen LogP contribution is 2.38. The molecule has 3 rings (SSSR count). The molecular weight excluding hydrogens is 476 g/mol. The molecule has 37 heavy (non-hydrogen) atoms. The molecule has 0 unspecified atom stereocenters. The fraction of sp³-hybridized carbons (Fsp3) is 0.344. The van der Waals surface area contributed by atoms with Gasteiger partial charge in [0.05, 0.1) is 6.61 Å². The Morgan fingerprint density at radius 3 is 1.86 bits per heavy atom. The lowest BCUT2D eigenvalue weighted by Gasteiger charge is -2.45. The molecular formula is C32H38O4Si. The average molecular weight is 515 g/mol. The number of hydrogen-bond donors (Lipinski definition) is 1. The van der Waals surface area contributed by atoms with Crippen LogP contribution in [0.5, 0.6) is 0 Å². The van der Waals surface area contributed by atoms with Crippen LogP contribution in [0, 0.1) is 12.3 Å². The van der Waals surface area contributed by atoms with Crippen LogP contribution in [0.2, 0.25) is 5.04 Å². The van der Waals surface area contributed by atoms with E-state index in [1.165, 1.54) is 0 Å². The molecule has 5 heteroatoms. The van der Waals surface area contributed by atoms with Crippen molar-refractivity contribution >= 4 is 24.5 Å². The summed E-state index contributed by atoms with van der Waals surface area (Å²) in [6.07, 6.45) is 5.70. The zero-order chi connectivity index (χ0) is 26.7. The van der Waals surface area contributed by atoms with Gasteiger partial charge in [0.15, 0.2) is 11.9 Å². The summed E-state index contributed by atoms with van der Waals surface area (Å²) in [6, 6.07) is 30.2. The van der Waals surface area contributed by atoms with E-state index < -0.39 is 20.5 Å². The Labute approximate surface area is 222 Å². The predicted molar refractivity (Wildman–Crippen MR) is 152 cm³/mol. The lowest BCUT2D eigenvalue weighted by atomic mass is 10.0. The molecule has 4 nitrogen and oxygen atoms in total. The summed E-state index contributed by atoms with van der Waals surface area (Å²) < 4.78 is 13.4. The number of aliphatic hydroxyl groups excluding tert-OH is 1. The van der Waals surface area contributed by atoms with E-state index in [0.29, 0.717) is 12.8 Å². The van der Waals surface area contributed by atoms with Crippen LogP contribution in [0.3, 0.4) is 0 Å². The zero-order valence-corrected chi connectivity index (χ0v) is 23.1. The van der Waals surface area contributed by atoms with Crippen molar-refractivity contribution in [2.24, 2.45) is 0 Å². The lowest BCUT2D eigenvalue weighted by Crippen LogP contribution is -2.68. The zero-order valence-electron chi connectivity index (χ0n) is 22.1. The average Bonchev–Trinajstić information content (AvgIpc) is 2.91. The van der Waals surface area contributed by atoms with Gasteiger partial charge < -0.3 is 14.3 Å². The van der Waals surface area contributed by atoms with Crippen LogP contribution in [-0.2, 0) is 20.6 Å². The standard InChI is InChI=1S/C32H38O4Si/c1-5-30(31(29(34)23-15-16-24-33)35-25-26-17-9-6-10-18-26)36-37(32(2,3)4,27-19-11-7-12-20-27)28-21-13-8-14-22-28/h1,6-14,17-22,30-31,33H,15-16,23-25H2,2-4H3/t30-,31-/m0/s1. The van der Waals surface area contributed by atoms with E-state index in [0.717, 1.165) is 15.9 Å². The second-order valence-electron chi connectivity index (χ2n) is 10.2. The number of hydrogen-bond acceptors (Lipinski definition) is 4. The number of Topliss-reactive ketones (excluding diaryl/α,β-unsaturated/α-hetero) is 1. The van der Waals surface area contributed by atoms with Gasteiger partial charge in [0.25, 0.3) is 8.32 Å². The normalized spacial score (nSPS) is 13.5. The van der Waals surface area contributed by atoms with Gasteiger partial charge in [-0.15, -0.1) is 6.42 Å². The van der Waals surface area contributed by atoms with Gasteiger partial charge >= 0.3 is 0 Å². The summed E-state index contributed by atoms with van der Waals surface area (Å²) in [5.74, 6) is 2.69. The van der Waals surface area contributed by atoms with E-state index in [9.17, 15) is 9.90 Å². The molecule has 194 valence electrons. The fourth-order valence-electron chi connectivity index (χ4n) is 4.73. The summed E-state index contributed by atoms with van der Waals surface area (Å²) in [4.78, 5) is 13.5. The highest BCUT2D eigenvalue weighted by molar-refractivity contribution is 6.99. The van der Waals surface area contributed by atoms with Crippen LogP contribution in [0.25, 0.3) is 0 Å². The minimum absolute atomic E-state index is 0.0416. The maximum absolute atomic E-state index is 13.5. The van der Waals surface area contributed by atoms with Crippen molar-refractivity contribution in [3.05, 3.63) is 96.6 Å². The van der Waals surface area contributed by atoms with Crippen LogP contribution in [0.1, 0.15) is 45.6 Å². The first-order valence-corrected chi connectivity index (χ1v) is 14.8. The first-order chi connectivity index (χ1) is 17.8. The van der Waals surface area contributed by atoms with Crippen LogP contribution >= 0.6 is 0 Å². The third-order valence-corrected chi connectivity index (χ3v) is 11.6. The summed E-state index contributed by atoms with van der Waals surface area (Å²) in [6.45, 7) is 6.82. The molecule has 0 amide bonds. The number of carbonyl (C=O) groups excluding carboxylic acids is 1. The SMILES string of the molecule is C#C[C@H](O[Si](c1ccccc1)(c1ccccc1)C(C)(C)C)[C@@H](OCc1ccccc1)C(=O)CCCCO. The highest BCUT2D eigenvalue weighted by Gasteiger charge is 2.52. The van der Waals surface area contributed by atoms with Crippen LogP contribution in [-0.4, -0.2) is 38.0 Å². The third kappa shape index (κ3) is 7.06. The molecule has 0 saturated carbocycles. The minimum Gasteiger partial charge on any atom is -0.396 e. The molecule has 0 aliphatic rings. The molecule has 3 aromatic carbocycles. The quantitative estimate of drug-likeness (QED) is 0.201. The predicted octanol–water partition coefficient (Wildman–Crippen LogP) is 4.88. The maximum Gasteiger partial charge on any atom is 0.262 e. The molecule has 0 fully saturated rings. The number of benzene rings is 3. The van der Waals surface area contributed by atoms with Gasteiger partial charge in [0.1, 0.15) is 6.10 Å². The Hall–Kier alpha value is -3.01. The monoisotopic (exact) mass is 514 g/mol. The van der Waals surface area contributed by atoms with Gasteiger partial charge in [-0.2, -0.15) is 0 Å². The Morgan fingerprint density at radius 1 is 0.892 bits per heavy atom. The Morgan fingerprint density at radius 2 is 1.41 bits per heavy atom. The molecule has 1 N–H and O–H groups in total. The molecule has 0 spiro atoms. The molecule has 2 atom stereocenters. The van der Waals surface area contributed by atoms with Gasteiger partial charge in [-0.3, -0.25) is 4.79 Å². The van der Waals surface area contributed by atoms with Gasteiger partial charge in [-0.25, -0.2) is 0 Å². The maximum atomic E-state index is 13.5. The molecule has 0 aliphatic carbocycles. The topological polar surface area (TPSA) is 55.8 Å². The number of carbonyl (C=O) groups is 1. The molecule has 0 heterocycles. The summed E-state index contributed by atoms with van der Waals surface area (Å²) >= 11 is 0. The van der Waals surface area contributed by atoms with Crippen molar-refractivity contribution in [1.82, 2.24) is 0 Å². The molecule has 0 radical (unpaired) electrons. The first-order valence-electron chi connectivity index (χ1n) is 12.9. The summed E-state index contributed by atoms with van der Waals surface area (Å²) in [7, 11) is -3.00. The van der Waals surface area contributed by atoms with E-state index in [2.05, 4.69) is 51.0 Å².